The number of rotatable bonds is 4. The van der Waals surface area contributed by atoms with E-state index in [1.807, 2.05) is 12.1 Å². The number of halogens is 2. The van der Waals surface area contributed by atoms with Crippen LogP contribution in [-0.2, 0) is 15.6 Å². The molecule has 0 bridgehead atoms. The number of carbonyl (C=O) groups excluding carboxylic acids is 1. The number of Topliss-reactive ketones (excluding diaryl/α,β-unsaturated/α-hetero) is 1. The van der Waals surface area contributed by atoms with Gasteiger partial charge in [-0.3, -0.25) is 4.79 Å². The Hall–Kier alpha value is -1.71. The van der Waals surface area contributed by atoms with Crippen molar-refractivity contribution in [2.24, 2.45) is 0 Å². The van der Waals surface area contributed by atoms with Crippen LogP contribution in [0.2, 0.25) is 10.0 Å². The summed E-state index contributed by atoms with van der Waals surface area (Å²) < 4.78 is 0. The first kappa shape index (κ1) is 15.8. The predicted octanol–water partition coefficient (Wildman–Crippen LogP) is 4.49. The molecule has 0 unspecified atom stereocenters. The Morgan fingerprint density at radius 1 is 0.792 bits per heavy atom. The minimum atomic E-state index is -0.489. The fourth-order valence-corrected chi connectivity index (χ4v) is 4.25. The van der Waals surface area contributed by atoms with Gasteiger partial charge in [-0.05, 0) is 61.1 Å². The van der Waals surface area contributed by atoms with Crippen LogP contribution in [0.3, 0.4) is 0 Å². The lowest BCUT2D eigenvalue weighted by molar-refractivity contribution is -0.124. The molecular weight excluding hydrogens is 343 g/mol. The molecule has 0 radical (unpaired) electrons. The van der Waals surface area contributed by atoms with Crippen molar-refractivity contribution >= 4 is 40.4 Å². The Balaban J connectivity index is 1.75. The van der Waals surface area contributed by atoms with Crippen LogP contribution in [0.15, 0.2) is 36.4 Å². The lowest BCUT2D eigenvalue weighted by Crippen LogP contribution is -2.33. The van der Waals surface area contributed by atoms with Crippen LogP contribution in [0.25, 0.3) is 0 Å². The highest BCUT2D eigenvalue weighted by Gasteiger charge is 2.64. The average Bonchev–Trinajstić information content (AvgIpc) is 3.42. The van der Waals surface area contributed by atoms with Crippen LogP contribution in [0.4, 0.5) is 11.4 Å². The van der Waals surface area contributed by atoms with Gasteiger partial charge in [0, 0.05) is 21.4 Å². The molecule has 0 saturated heterocycles. The highest BCUT2D eigenvalue weighted by Crippen LogP contribution is 2.62. The summed E-state index contributed by atoms with van der Waals surface area (Å²) in [6.07, 6.45) is 3.31. The van der Waals surface area contributed by atoms with Gasteiger partial charge < -0.3 is 11.5 Å². The molecule has 2 aliphatic carbocycles. The number of benzene rings is 2. The van der Waals surface area contributed by atoms with Crippen LogP contribution in [0, 0.1) is 0 Å². The van der Waals surface area contributed by atoms with Gasteiger partial charge in [-0.15, -0.1) is 0 Å². The zero-order valence-corrected chi connectivity index (χ0v) is 14.6. The minimum absolute atomic E-state index is 0.234. The normalized spacial score (nSPS) is 19.8. The number of ketones is 1. The standard InChI is InChI=1S/C19H18Cl2N2O/c20-11-1-3-13(15(22)9-11)18(5-6-18)17(24)19(7-8-19)14-4-2-12(21)10-16(14)23/h1-4,9-10H,5-8,22-23H2. The molecular formula is C19H18Cl2N2O. The maximum Gasteiger partial charge on any atom is 0.154 e. The largest absolute Gasteiger partial charge is 0.398 e. The van der Waals surface area contributed by atoms with Crippen LogP contribution in [-0.4, -0.2) is 5.78 Å². The maximum absolute atomic E-state index is 13.5. The van der Waals surface area contributed by atoms with Crippen molar-refractivity contribution in [3.63, 3.8) is 0 Å². The Kier molecular flexibility index (Phi) is 3.38. The number of hydrogen-bond donors (Lipinski definition) is 2. The molecule has 0 atom stereocenters. The summed E-state index contributed by atoms with van der Waals surface area (Å²) in [6, 6.07) is 10.8. The summed E-state index contributed by atoms with van der Waals surface area (Å²) in [6.45, 7) is 0. The fraction of sp³-hybridized carbons (Fsp3) is 0.316. The quantitative estimate of drug-likeness (QED) is 0.789. The highest BCUT2D eigenvalue weighted by atomic mass is 35.5. The van der Waals surface area contributed by atoms with Crippen LogP contribution in [0.1, 0.15) is 36.8 Å². The molecule has 4 rings (SSSR count). The SMILES string of the molecule is Nc1cc(Cl)ccc1C1(C(=O)C2(c3ccc(Cl)cc3N)CC2)CC1. The van der Waals surface area contributed by atoms with Gasteiger partial charge in [-0.1, -0.05) is 35.3 Å². The van der Waals surface area contributed by atoms with E-state index in [0.29, 0.717) is 21.4 Å². The summed E-state index contributed by atoms with van der Waals surface area (Å²) in [5.74, 6) is 0.234. The van der Waals surface area contributed by atoms with Crippen molar-refractivity contribution in [2.75, 3.05) is 11.5 Å². The molecule has 2 aromatic carbocycles. The van der Waals surface area contributed by atoms with Crippen LogP contribution in [0.5, 0.6) is 0 Å². The molecule has 3 nitrogen and oxygen atoms in total. The zero-order chi connectivity index (χ0) is 17.1. The summed E-state index contributed by atoms with van der Waals surface area (Å²) in [5.41, 5.74) is 14.3. The molecule has 2 aliphatic rings. The summed E-state index contributed by atoms with van der Waals surface area (Å²) >= 11 is 12.0. The fourth-order valence-electron chi connectivity index (χ4n) is 3.88. The smallest absolute Gasteiger partial charge is 0.154 e. The van der Waals surface area contributed by atoms with Crippen molar-refractivity contribution in [3.8, 4) is 0 Å². The van der Waals surface area contributed by atoms with Crippen molar-refractivity contribution in [1.29, 1.82) is 0 Å². The molecule has 2 aromatic rings. The van der Waals surface area contributed by atoms with Crippen LogP contribution < -0.4 is 11.5 Å². The first-order valence-electron chi connectivity index (χ1n) is 8.05. The molecule has 5 heteroatoms. The third-order valence-corrected chi connectivity index (χ3v) is 5.90. The second kappa shape index (κ2) is 5.14. The predicted molar refractivity (Wildman–Crippen MR) is 98.6 cm³/mol. The highest BCUT2D eigenvalue weighted by molar-refractivity contribution is 6.31. The lowest BCUT2D eigenvalue weighted by Gasteiger charge is -2.24. The van der Waals surface area contributed by atoms with E-state index in [2.05, 4.69) is 0 Å². The zero-order valence-electron chi connectivity index (χ0n) is 13.1. The van der Waals surface area contributed by atoms with E-state index < -0.39 is 10.8 Å². The first-order chi connectivity index (χ1) is 11.4. The van der Waals surface area contributed by atoms with Crippen molar-refractivity contribution in [2.45, 2.75) is 36.5 Å². The summed E-state index contributed by atoms with van der Waals surface area (Å²) in [7, 11) is 0. The molecule has 0 aliphatic heterocycles. The van der Waals surface area contributed by atoms with E-state index in [1.54, 1.807) is 24.3 Å². The van der Waals surface area contributed by atoms with E-state index in [1.165, 1.54) is 0 Å². The van der Waals surface area contributed by atoms with Crippen molar-refractivity contribution in [3.05, 3.63) is 57.6 Å². The van der Waals surface area contributed by atoms with Gasteiger partial charge in [-0.2, -0.15) is 0 Å². The third-order valence-electron chi connectivity index (χ3n) is 5.43. The Morgan fingerprint density at radius 2 is 1.17 bits per heavy atom. The second-order valence-electron chi connectivity index (χ2n) is 6.96. The number of carbonyl (C=O) groups is 1. The number of nitrogen functional groups attached to an aromatic ring is 2. The van der Waals surface area contributed by atoms with Gasteiger partial charge in [0.25, 0.3) is 0 Å². The average molecular weight is 361 g/mol. The monoisotopic (exact) mass is 360 g/mol. The topological polar surface area (TPSA) is 69.1 Å². The Morgan fingerprint density at radius 3 is 1.46 bits per heavy atom. The lowest BCUT2D eigenvalue weighted by atomic mass is 9.78. The maximum atomic E-state index is 13.5. The van der Waals surface area contributed by atoms with E-state index >= 15 is 0 Å². The first-order valence-corrected chi connectivity index (χ1v) is 8.81. The number of nitrogens with two attached hydrogens (primary N) is 2. The molecule has 2 saturated carbocycles. The number of anilines is 2. The molecule has 124 valence electrons. The van der Waals surface area contributed by atoms with Crippen molar-refractivity contribution < 1.29 is 4.79 Å². The van der Waals surface area contributed by atoms with E-state index in [0.717, 1.165) is 36.8 Å². The molecule has 4 N–H and O–H groups in total. The minimum Gasteiger partial charge on any atom is -0.398 e. The van der Waals surface area contributed by atoms with E-state index in [9.17, 15) is 4.79 Å². The van der Waals surface area contributed by atoms with Gasteiger partial charge in [0.05, 0.1) is 10.8 Å². The van der Waals surface area contributed by atoms with Gasteiger partial charge in [0.15, 0.2) is 5.78 Å². The van der Waals surface area contributed by atoms with Crippen molar-refractivity contribution in [1.82, 2.24) is 0 Å². The second-order valence-corrected chi connectivity index (χ2v) is 7.83. The molecule has 0 heterocycles. The summed E-state index contributed by atoms with van der Waals surface area (Å²) in [5, 5.41) is 1.17. The Bertz CT molecular complexity index is 785. The Labute approximate surface area is 150 Å². The van der Waals surface area contributed by atoms with Gasteiger partial charge in [-0.25, -0.2) is 0 Å². The molecule has 2 fully saturated rings. The van der Waals surface area contributed by atoms with Crippen LogP contribution >= 0.6 is 23.2 Å². The molecule has 0 amide bonds. The number of hydrogen-bond acceptors (Lipinski definition) is 3. The molecule has 24 heavy (non-hydrogen) atoms. The molecule has 0 spiro atoms. The van der Waals surface area contributed by atoms with E-state index in [4.69, 9.17) is 34.7 Å². The summed E-state index contributed by atoms with van der Waals surface area (Å²) in [4.78, 5) is 13.5. The van der Waals surface area contributed by atoms with Gasteiger partial charge in [0.1, 0.15) is 0 Å². The molecule has 0 aromatic heterocycles. The van der Waals surface area contributed by atoms with Gasteiger partial charge >= 0.3 is 0 Å². The van der Waals surface area contributed by atoms with E-state index in [-0.39, 0.29) is 5.78 Å². The van der Waals surface area contributed by atoms with Gasteiger partial charge in [0.2, 0.25) is 0 Å². The third kappa shape index (κ3) is 2.22.